The number of nitrogens with two attached hydrogens (primary N) is 1. The van der Waals surface area contributed by atoms with Gasteiger partial charge in [0.15, 0.2) is 0 Å². The van der Waals surface area contributed by atoms with Gasteiger partial charge < -0.3 is 4.90 Å². The minimum Gasteiger partial charge on any atom is -0.302 e. The molecule has 2 aliphatic rings. The monoisotopic (exact) mass is 307 g/mol. The number of thiophene rings is 1. The molecule has 1 amide bonds. The van der Waals surface area contributed by atoms with Crippen molar-refractivity contribution in [1.29, 1.82) is 0 Å². The Morgan fingerprint density at radius 2 is 2.29 bits per heavy atom. The molecule has 0 radical (unpaired) electrons. The zero-order valence-electron chi connectivity index (χ0n) is 12.9. The molecule has 5 heteroatoms. The Hall–Kier alpha value is -0.910. The second-order valence-electron chi connectivity index (χ2n) is 6.80. The maximum atomic E-state index is 11.6. The van der Waals surface area contributed by atoms with Gasteiger partial charge in [0, 0.05) is 18.0 Å². The number of rotatable bonds is 5. The third kappa shape index (κ3) is 3.15. The smallest absolute Gasteiger partial charge is 0.275 e. The van der Waals surface area contributed by atoms with Gasteiger partial charge in [-0.25, -0.2) is 5.84 Å². The molecule has 3 N–H and O–H groups in total. The number of hydrazine groups is 1. The molecule has 3 rings (SSSR count). The van der Waals surface area contributed by atoms with Crippen LogP contribution < -0.4 is 11.3 Å². The van der Waals surface area contributed by atoms with Crippen LogP contribution in [0.1, 0.15) is 45.8 Å². The highest BCUT2D eigenvalue weighted by atomic mass is 32.1. The van der Waals surface area contributed by atoms with Crippen molar-refractivity contribution in [2.45, 2.75) is 39.2 Å². The Balaban J connectivity index is 1.58. The van der Waals surface area contributed by atoms with E-state index >= 15 is 0 Å². The van der Waals surface area contributed by atoms with E-state index < -0.39 is 0 Å². The zero-order chi connectivity index (χ0) is 15.0. The standard InChI is InChI=1S/C16H25N3OS/c1-10-13(7-15(21-10)16(20)18-17)8-19(2)9-14-6-11-3-4-12(14)5-11/h7,11-12,14H,3-6,8-9,17H2,1-2H3,(H,18,20). The molecule has 2 bridgehead atoms. The third-order valence-electron chi connectivity index (χ3n) is 5.25. The van der Waals surface area contributed by atoms with Crippen molar-refractivity contribution in [3.63, 3.8) is 0 Å². The van der Waals surface area contributed by atoms with Crippen LogP contribution in [0.15, 0.2) is 6.07 Å². The Morgan fingerprint density at radius 1 is 1.48 bits per heavy atom. The molecule has 2 aliphatic carbocycles. The van der Waals surface area contributed by atoms with Gasteiger partial charge in [0.25, 0.3) is 5.91 Å². The van der Waals surface area contributed by atoms with Crippen LogP contribution in [0.5, 0.6) is 0 Å². The maximum Gasteiger partial charge on any atom is 0.275 e. The molecule has 116 valence electrons. The maximum absolute atomic E-state index is 11.6. The number of nitrogens with zero attached hydrogens (tertiary/aromatic N) is 1. The average molecular weight is 307 g/mol. The van der Waals surface area contributed by atoms with E-state index in [4.69, 9.17) is 5.84 Å². The lowest BCUT2D eigenvalue weighted by Gasteiger charge is -2.27. The second kappa shape index (κ2) is 6.07. The zero-order valence-corrected chi connectivity index (χ0v) is 13.7. The summed E-state index contributed by atoms with van der Waals surface area (Å²) in [7, 11) is 2.20. The van der Waals surface area contributed by atoms with Gasteiger partial charge in [0.1, 0.15) is 0 Å². The molecule has 1 aromatic rings. The largest absolute Gasteiger partial charge is 0.302 e. The van der Waals surface area contributed by atoms with Crippen molar-refractivity contribution < 1.29 is 4.79 Å². The first-order valence-electron chi connectivity index (χ1n) is 7.85. The number of carbonyl (C=O) groups excluding carboxylic acids is 1. The number of aryl methyl sites for hydroxylation is 1. The Labute approximate surface area is 130 Å². The summed E-state index contributed by atoms with van der Waals surface area (Å²) >= 11 is 1.53. The van der Waals surface area contributed by atoms with Gasteiger partial charge in [-0.3, -0.25) is 10.2 Å². The molecule has 1 aromatic heterocycles. The molecule has 4 nitrogen and oxygen atoms in total. The fraction of sp³-hybridized carbons (Fsp3) is 0.688. The normalized spacial score (nSPS) is 27.5. The highest BCUT2D eigenvalue weighted by molar-refractivity contribution is 7.14. The Kier molecular flexibility index (Phi) is 4.33. The van der Waals surface area contributed by atoms with E-state index in [1.54, 1.807) is 0 Å². The molecular weight excluding hydrogens is 282 g/mol. The fourth-order valence-corrected chi connectivity index (χ4v) is 5.15. The highest BCUT2D eigenvalue weighted by Gasteiger charge is 2.39. The van der Waals surface area contributed by atoms with Crippen LogP contribution >= 0.6 is 11.3 Å². The van der Waals surface area contributed by atoms with Crippen LogP contribution in [0.2, 0.25) is 0 Å². The van der Waals surface area contributed by atoms with Gasteiger partial charge in [0.05, 0.1) is 4.88 Å². The molecule has 21 heavy (non-hydrogen) atoms. The number of amides is 1. The van der Waals surface area contributed by atoms with Crippen molar-refractivity contribution in [3.05, 3.63) is 21.4 Å². The summed E-state index contributed by atoms with van der Waals surface area (Å²) in [4.78, 5) is 15.9. The van der Waals surface area contributed by atoms with Crippen molar-refractivity contribution >= 4 is 17.2 Å². The van der Waals surface area contributed by atoms with E-state index in [-0.39, 0.29) is 5.91 Å². The average Bonchev–Trinajstić information content (AvgIpc) is 3.14. The van der Waals surface area contributed by atoms with E-state index in [1.165, 1.54) is 54.0 Å². The van der Waals surface area contributed by atoms with E-state index in [0.717, 1.165) is 24.3 Å². The summed E-state index contributed by atoms with van der Waals surface area (Å²) in [6, 6.07) is 1.99. The summed E-state index contributed by atoms with van der Waals surface area (Å²) in [5, 5.41) is 0. The number of carbonyl (C=O) groups is 1. The minimum absolute atomic E-state index is 0.190. The summed E-state index contributed by atoms with van der Waals surface area (Å²) in [6.45, 7) is 4.20. The number of nitrogens with one attached hydrogen (secondary N) is 1. The van der Waals surface area contributed by atoms with Crippen LogP contribution in [-0.4, -0.2) is 24.4 Å². The first kappa shape index (κ1) is 15.0. The molecular formula is C16H25N3OS. The molecule has 0 aromatic carbocycles. The Bertz CT molecular complexity index is 528. The third-order valence-corrected chi connectivity index (χ3v) is 6.34. The minimum atomic E-state index is -0.190. The predicted molar refractivity (Wildman–Crippen MR) is 86.0 cm³/mol. The van der Waals surface area contributed by atoms with Crippen molar-refractivity contribution in [2.24, 2.45) is 23.6 Å². The summed E-state index contributed by atoms with van der Waals surface area (Å²) in [6.07, 6.45) is 5.81. The Morgan fingerprint density at radius 3 is 2.90 bits per heavy atom. The van der Waals surface area contributed by atoms with Crippen molar-refractivity contribution in [1.82, 2.24) is 10.3 Å². The summed E-state index contributed by atoms with van der Waals surface area (Å²) in [5.74, 6) is 7.89. The first-order chi connectivity index (χ1) is 10.1. The van der Waals surface area contributed by atoms with E-state index in [9.17, 15) is 4.79 Å². The topological polar surface area (TPSA) is 58.4 Å². The molecule has 2 fully saturated rings. The number of hydrogen-bond donors (Lipinski definition) is 2. The van der Waals surface area contributed by atoms with Gasteiger partial charge in [0.2, 0.25) is 0 Å². The number of fused-ring (bicyclic) bond motifs is 2. The number of hydrogen-bond acceptors (Lipinski definition) is 4. The quantitative estimate of drug-likeness (QED) is 0.499. The van der Waals surface area contributed by atoms with Crippen LogP contribution in [0.3, 0.4) is 0 Å². The molecule has 2 saturated carbocycles. The lowest BCUT2D eigenvalue weighted by molar-refractivity contribution is 0.0957. The van der Waals surface area contributed by atoms with Crippen LogP contribution in [0, 0.1) is 24.7 Å². The molecule has 1 heterocycles. The van der Waals surface area contributed by atoms with E-state index in [1.807, 2.05) is 6.07 Å². The van der Waals surface area contributed by atoms with Gasteiger partial charge >= 0.3 is 0 Å². The second-order valence-corrected chi connectivity index (χ2v) is 8.05. The SMILES string of the molecule is Cc1sc(C(=O)NN)cc1CN(C)CC1CC2CCC1C2. The lowest BCUT2D eigenvalue weighted by Crippen LogP contribution is -2.29. The van der Waals surface area contributed by atoms with Gasteiger partial charge in [-0.05, 0) is 62.6 Å². The van der Waals surface area contributed by atoms with Gasteiger partial charge in [-0.1, -0.05) is 6.42 Å². The van der Waals surface area contributed by atoms with Crippen molar-refractivity contribution in [2.75, 3.05) is 13.6 Å². The van der Waals surface area contributed by atoms with Crippen LogP contribution in [0.25, 0.3) is 0 Å². The van der Waals surface area contributed by atoms with E-state index in [2.05, 4.69) is 24.3 Å². The van der Waals surface area contributed by atoms with Gasteiger partial charge in [-0.2, -0.15) is 0 Å². The fourth-order valence-electron chi connectivity index (χ4n) is 4.22. The van der Waals surface area contributed by atoms with Crippen molar-refractivity contribution in [3.8, 4) is 0 Å². The first-order valence-corrected chi connectivity index (χ1v) is 8.67. The highest BCUT2D eigenvalue weighted by Crippen LogP contribution is 2.48. The molecule has 0 aliphatic heterocycles. The summed E-state index contributed by atoms with van der Waals surface area (Å²) in [5.41, 5.74) is 3.46. The van der Waals surface area contributed by atoms with Crippen LogP contribution in [-0.2, 0) is 6.54 Å². The molecule has 0 saturated heterocycles. The van der Waals surface area contributed by atoms with Gasteiger partial charge in [-0.15, -0.1) is 11.3 Å². The molecule has 3 unspecified atom stereocenters. The molecule has 3 atom stereocenters. The summed E-state index contributed by atoms with van der Waals surface area (Å²) < 4.78 is 0. The van der Waals surface area contributed by atoms with Crippen LogP contribution in [0.4, 0.5) is 0 Å². The van der Waals surface area contributed by atoms with E-state index in [0.29, 0.717) is 4.88 Å². The lowest BCUT2D eigenvalue weighted by atomic mass is 9.88. The number of nitrogen functional groups attached to an aromatic ring is 1. The molecule has 0 spiro atoms. The predicted octanol–water partition coefficient (Wildman–Crippen LogP) is 2.53.